The second kappa shape index (κ2) is 5.74. The molecule has 0 aliphatic rings. The SMILES string of the molecule is Cc1[nH]ncc1CNS(=O)(=O)c1cccc(CO)c1C. The molecule has 0 aliphatic heterocycles. The van der Waals surface area contributed by atoms with Crippen molar-refractivity contribution in [3.05, 3.63) is 46.8 Å². The largest absolute Gasteiger partial charge is 0.392 e. The number of aromatic nitrogens is 2. The van der Waals surface area contributed by atoms with Gasteiger partial charge in [0.2, 0.25) is 10.0 Å². The highest BCUT2D eigenvalue weighted by Gasteiger charge is 2.18. The zero-order chi connectivity index (χ0) is 14.8. The standard InChI is InChI=1S/C13H17N3O3S/c1-9-11(8-17)4-3-5-13(9)20(18,19)15-7-12-6-14-16-10(12)2/h3-6,15,17H,7-8H2,1-2H3,(H,14,16). The molecule has 2 rings (SSSR count). The molecule has 0 radical (unpaired) electrons. The van der Waals surface area contributed by atoms with Gasteiger partial charge in [-0.05, 0) is 31.0 Å². The van der Waals surface area contributed by atoms with Gasteiger partial charge >= 0.3 is 0 Å². The minimum atomic E-state index is -3.62. The van der Waals surface area contributed by atoms with E-state index in [1.54, 1.807) is 25.3 Å². The van der Waals surface area contributed by atoms with Crippen molar-refractivity contribution in [1.82, 2.24) is 14.9 Å². The summed E-state index contributed by atoms with van der Waals surface area (Å²) in [5.41, 5.74) is 2.79. The number of aromatic amines is 1. The summed E-state index contributed by atoms with van der Waals surface area (Å²) in [6.07, 6.45) is 1.59. The van der Waals surface area contributed by atoms with Crippen molar-refractivity contribution in [2.75, 3.05) is 0 Å². The van der Waals surface area contributed by atoms with Crippen LogP contribution in [0.15, 0.2) is 29.3 Å². The Morgan fingerprint density at radius 3 is 2.65 bits per heavy atom. The van der Waals surface area contributed by atoms with Gasteiger partial charge in [0.15, 0.2) is 0 Å². The number of hydrogen-bond donors (Lipinski definition) is 3. The molecule has 0 saturated carbocycles. The highest BCUT2D eigenvalue weighted by Crippen LogP contribution is 2.19. The Balaban J connectivity index is 2.25. The zero-order valence-corrected chi connectivity index (χ0v) is 12.2. The maximum absolute atomic E-state index is 12.3. The summed E-state index contributed by atoms with van der Waals surface area (Å²) in [6.45, 7) is 3.50. The first-order valence-electron chi connectivity index (χ1n) is 6.13. The third-order valence-corrected chi connectivity index (χ3v) is 4.79. The first-order chi connectivity index (χ1) is 9.45. The molecule has 0 unspecified atom stereocenters. The fraction of sp³-hybridized carbons (Fsp3) is 0.308. The molecule has 2 aromatic rings. The first kappa shape index (κ1) is 14.7. The van der Waals surface area contributed by atoms with Gasteiger partial charge in [-0.1, -0.05) is 12.1 Å². The van der Waals surface area contributed by atoms with Crippen LogP contribution in [-0.2, 0) is 23.2 Å². The first-order valence-corrected chi connectivity index (χ1v) is 7.62. The van der Waals surface area contributed by atoms with E-state index in [4.69, 9.17) is 0 Å². The van der Waals surface area contributed by atoms with E-state index >= 15 is 0 Å². The minimum absolute atomic E-state index is 0.174. The number of hydrogen-bond acceptors (Lipinski definition) is 4. The van der Waals surface area contributed by atoms with Gasteiger partial charge in [0.1, 0.15) is 0 Å². The molecule has 20 heavy (non-hydrogen) atoms. The molecule has 0 aliphatic carbocycles. The van der Waals surface area contributed by atoms with Crippen LogP contribution in [-0.4, -0.2) is 23.7 Å². The number of benzene rings is 1. The van der Waals surface area contributed by atoms with Gasteiger partial charge in [0.25, 0.3) is 0 Å². The monoisotopic (exact) mass is 295 g/mol. The van der Waals surface area contributed by atoms with E-state index in [0.29, 0.717) is 11.1 Å². The summed E-state index contributed by atoms with van der Waals surface area (Å²) in [7, 11) is -3.62. The van der Waals surface area contributed by atoms with Crippen molar-refractivity contribution < 1.29 is 13.5 Å². The molecule has 0 spiro atoms. The maximum atomic E-state index is 12.3. The Morgan fingerprint density at radius 2 is 2.05 bits per heavy atom. The average Bonchev–Trinajstić information content (AvgIpc) is 2.82. The lowest BCUT2D eigenvalue weighted by Crippen LogP contribution is -2.24. The van der Waals surface area contributed by atoms with E-state index in [9.17, 15) is 13.5 Å². The number of sulfonamides is 1. The zero-order valence-electron chi connectivity index (χ0n) is 11.3. The third kappa shape index (κ3) is 2.90. The van der Waals surface area contributed by atoms with Gasteiger partial charge in [-0.3, -0.25) is 5.10 Å². The molecule has 0 bridgehead atoms. The smallest absolute Gasteiger partial charge is 0.241 e. The minimum Gasteiger partial charge on any atom is -0.392 e. The molecule has 6 nitrogen and oxygen atoms in total. The van der Waals surface area contributed by atoms with Crippen LogP contribution in [0.2, 0.25) is 0 Å². The molecule has 1 heterocycles. The summed E-state index contributed by atoms with van der Waals surface area (Å²) in [6, 6.07) is 4.85. The molecule has 0 saturated heterocycles. The summed E-state index contributed by atoms with van der Waals surface area (Å²) >= 11 is 0. The second-order valence-corrected chi connectivity index (χ2v) is 6.28. The van der Waals surface area contributed by atoms with E-state index in [1.807, 2.05) is 6.92 Å². The predicted molar refractivity (Wildman–Crippen MR) is 74.5 cm³/mol. The van der Waals surface area contributed by atoms with Crippen LogP contribution >= 0.6 is 0 Å². The lowest BCUT2D eigenvalue weighted by Gasteiger charge is -2.11. The fourth-order valence-corrected chi connectivity index (χ4v) is 3.22. The number of nitrogens with zero attached hydrogens (tertiary/aromatic N) is 1. The highest BCUT2D eigenvalue weighted by atomic mass is 32.2. The normalized spacial score (nSPS) is 11.8. The van der Waals surface area contributed by atoms with Crippen LogP contribution in [0.5, 0.6) is 0 Å². The Hall–Kier alpha value is -1.70. The van der Waals surface area contributed by atoms with E-state index in [-0.39, 0.29) is 18.0 Å². The van der Waals surface area contributed by atoms with Crippen molar-refractivity contribution in [2.45, 2.75) is 31.9 Å². The number of aryl methyl sites for hydroxylation is 1. The Labute approximate surface area is 117 Å². The average molecular weight is 295 g/mol. The van der Waals surface area contributed by atoms with Crippen molar-refractivity contribution in [3.63, 3.8) is 0 Å². The number of aliphatic hydroxyl groups is 1. The molecule has 0 atom stereocenters. The van der Waals surface area contributed by atoms with Crippen LogP contribution < -0.4 is 4.72 Å². The molecule has 1 aromatic carbocycles. The molecule has 1 aromatic heterocycles. The second-order valence-electron chi connectivity index (χ2n) is 4.54. The van der Waals surface area contributed by atoms with E-state index in [2.05, 4.69) is 14.9 Å². The van der Waals surface area contributed by atoms with E-state index < -0.39 is 10.0 Å². The lowest BCUT2D eigenvalue weighted by molar-refractivity contribution is 0.280. The molecule has 0 fully saturated rings. The van der Waals surface area contributed by atoms with Crippen molar-refractivity contribution in [3.8, 4) is 0 Å². The van der Waals surface area contributed by atoms with Crippen molar-refractivity contribution in [1.29, 1.82) is 0 Å². The van der Waals surface area contributed by atoms with Gasteiger partial charge in [-0.25, -0.2) is 13.1 Å². The van der Waals surface area contributed by atoms with Crippen LogP contribution in [0.1, 0.15) is 22.4 Å². The molecular formula is C13H17N3O3S. The fourth-order valence-electron chi connectivity index (χ4n) is 1.93. The summed E-state index contributed by atoms with van der Waals surface area (Å²) in [4.78, 5) is 0.185. The van der Waals surface area contributed by atoms with Crippen LogP contribution in [0.3, 0.4) is 0 Å². The van der Waals surface area contributed by atoms with Gasteiger partial charge < -0.3 is 5.11 Å². The van der Waals surface area contributed by atoms with Crippen LogP contribution in [0, 0.1) is 13.8 Å². The molecule has 108 valence electrons. The van der Waals surface area contributed by atoms with Gasteiger partial charge in [-0.2, -0.15) is 5.10 Å². The molecule has 0 amide bonds. The number of aliphatic hydroxyl groups excluding tert-OH is 1. The molecule has 7 heteroatoms. The number of rotatable bonds is 5. The summed E-state index contributed by atoms with van der Waals surface area (Å²) in [5.74, 6) is 0. The number of nitrogens with one attached hydrogen (secondary N) is 2. The van der Waals surface area contributed by atoms with Gasteiger partial charge in [0.05, 0.1) is 17.7 Å². The highest BCUT2D eigenvalue weighted by molar-refractivity contribution is 7.89. The Bertz CT molecular complexity index is 707. The maximum Gasteiger partial charge on any atom is 0.241 e. The van der Waals surface area contributed by atoms with Crippen LogP contribution in [0.25, 0.3) is 0 Å². The van der Waals surface area contributed by atoms with Crippen molar-refractivity contribution >= 4 is 10.0 Å². The summed E-state index contributed by atoms with van der Waals surface area (Å²) in [5, 5.41) is 15.8. The van der Waals surface area contributed by atoms with Gasteiger partial charge in [0, 0.05) is 17.8 Å². The molecular weight excluding hydrogens is 278 g/mol. The van der Waals surface area contributed by atoms with Crippen LogP contribution in [0.4, 0.5) is 0 Å². The molecule has 3 N–H and O–H groups in total. The quantitative estimate of drug-likeness (QED) is 0.767. The number of H-pyrrole nitrogens is 1. The van der Waals surface area contributed by atoms with Gasteiger partial charge in [-0.15, -0.1) is 0 Å². The lowest BCUT2D eigenvalue weighted by atomic mass is 10.1. The van der Waals surface area contributed by atoms with E-state index in [0.717, 1.165) is 11.3 Å². The topological polar surface area (TPSA) is 95.1 Å². The van der Waals surface area contributed by atoms with Crippen molar-refractivity contribution in [2.24, 2.45) is 0 Å². The van der Waals surface area contributed by atoms with E-state index in [1.165, 1.54) is 6.07 Å². The summed E-state index contributed by atoms with van der Waals surface area (Å²) < 4.78 is 27.1. The Kier molecular flexibility index (Phi) is 4.22. The third-order valence-electron chi connectivity index (χ3n) is 3.24. The Morgan fingerprint density at radius 1 is 1.30 bits per heavy atom. The predicted octanol–water partition coefficient (Wildman–Crippen LogP) is 0.997.